The predicted molar refractivity (Wildman–Crippen MR) is 98.3 cm³/mol. The van der Waals surface area contributed by atoms with E-state index in [-0.39, 0.29) is 17.6 Å². The lowest BCUT2D eigenvalue weighted by Gasteiger charge is -2.56. The molecule has 1 aromatic rings. The molecule has 25 heavy (non-hydrogen) atoms. The van der Waals surface area contributed by atoms with E-state index in [0.717, 1.165) is 57.0 Å². The van der Waals surface area contributed by atoms with Gasteiger partial charge in [0.15, 0.2) is 0 Å². The summed E-state index contributed by atoms with van der Waals surface area (Å²) in [6, 6.07) is 0. The van der Waals surface area contributed by atoms with Crippen molar-refractivity contribution in [1.29, 1.82) is 0 Å². The van der Waals surface area contributed by atoms with Crippen LogP contribution < -0.4 is 9.80 Å². The second-order valence-electron chi connectivity index (χ2n) is 8.07. The number of anilines is 2. The highest BCUT2D eigenvalue weighted by atomic mass is 16.5. The van der Waals surface area contributed by atoms with Gasteiger partial charge in [0, 0.05) is 51.7 Å². The number of piperidine rings is 1. The van der Waals surface area contributed by atoms with E-state index in [1.807, 2.05) is 19.0 Å². The highest BCUT2D eigenvalue weighted by Gasteiger charge is 2.56. The molecular formula is C19H30N4O2. The van der Waals surface area contributed by atoms with Crippen molar-refractivity contribution in [3.05, 3.63) is 11.3 Å². The standard InChI is InChI=1S/C19H30N4O2/c1-22(2)18-20-14-7-5-4-6-13(14)17(21-18)23-10-8-19(9-11-23)15(24)12-16(19)25-3/h15-16,24H,4-12H2,1-3H3/t15-,16+/m0/s1. The van der Waals surface area contributed by atoms with E-state index in [9.17, 15) is 5.11 Å². The third-order valence-corrected chi connectivity index (χ3v) is 6.57. The zero-order valence-electron chi connectivity index (χ0n) is 15.7. The predicted octanol–water partition coefficient (Wildman–Crippen LogP) is 1.79. The van der Waals surface area contributed by atoms with E-state index in [1.54, 1.807) is 7.11 Å². The molecule has 0 radical (unpaired) electrons. The summed E-state index contributed by atoms with van der Waals surface area (Å²) in [6.07, 6.45) is 7.33. The van der Waals surface area contributed by atoms with Gasteiger partial charge in [0.2, 0.25) is 5.95 Å². The van der Waals surface area contributed by atoms with Crippen molar-refractivity contribution in [2.45, 2.75) is 57.2 Å². The average Bonchev–Trinajstić information content (AvgIpc) is 2.65. The van der Waals surface area contributed by atoms with E-state index >= 15 is 0 Å². The normalized spacial score (nSPS) is 27.8. The molecule has 1 N–H and O–H groups in total. The summed E-state index contributed by atoms with van der Waals surface area (Å²) in [7, 11) is 5.79. The summed E-state index contributed by atoms with van der Waals surface area (Å²) in [5.41, 5.74) is 2.55. The Morgan fingerprint density at radius 2 is 1.88 bits per heavy atom. The molecule has 0 bridgehead atoms. The van der Waals surface area contributed by atoms with Gasteiger partial charge in [0.1, 0.15) is 5.82 Å². The molecule has 2 fully saturated rings. The van der Waals surface area contributed by atoms with Crippen molar-refractivity contribution >= 4 is 11.8 Å². The Balaban J connectivity index is 1.59. The van der Waals surface area contributed by atoms with Crippen LogP contribution in [0.5, 0.6) is 0 Å². The maximum absolute atomic E-state index is 10.4. The smallest absolute Gasteiger partial charge is 0.227 e. The molecule has 1 aromatic heterocycles. The second kappa shape index (κ2) is 6.40. The van der Waals surface area contributed by atoms with Crippen LogP contribution in [0.4, 0.5) is 11.8 Å². The molecule has 1 saturated heterocycles. The topological polar surface area (TPSA) is 61.7 Å². The van der Waals surface area contributed by atoms with Crippen molar-refractivity contribution in [3.63, 3.8) is 0 Å². The maximum atomic E-state index is 10.4. The molecule has 1 saturated carbocycles. The second-order valence-corrected chi connectivity index (χ2v) is 8.07. The first-order valence-electron chi connectivity index (χ1n) is 9.58. The molecule has 138 valence electrons. The molecule has 6 heteroatoms. The van der Waals surface area contributed by atoms with Gasteiger partial charge in [-0.25, -0.2) is 4.98 Å². The van der Waals surface area contributed by atoms with Crippen LogP contribution in [0.1, 0.15) is 43.4 Å². The highest BCUT2D eigenvalue weighted by Crippen LogP contribution is 2.51. The van der Waals surface area contributed by atoms with E-state index in [4.69, 9.17) is 14.7 Å². The van der Waals surface area contributed by atoms with Crippen molar-refractivity contribution in [3.8, 4) is 0 Å². The molecule has 2 heterocycles. The molecule has 4 rings (SSSR count). The number of nitrogens with zero attached hydrogens (tertiary/aromatic N) is 4. The number of rotatable bonds is 3. The lowest BCUT2D eigenvalue weighted by atomic mass is 9.58. The lowest BCUT2D eigenvalue weighted by molar-refractivity contribution is -0.190. The molecule has 6 nitrogen and oxygen atoms in total. The van der Waals surface area contributed by atoms with E-state index < -0.39 is 0 Å². The quantitative estimate of drug-likeness (QED) is 0.900. The van der Waals surface area contributed by atoms with Gasteiger partial charge in [0.05, 0.1) is 17.9 Å². The van der Waals surface area contributed by atoms with Gasteiger partial charge in [-0.05, 0) is 38.5 Å². The lowest BCUT2D eigenvalue weighted by Crippen LogP contribution is -2.62. The summed E-state index contributed by atoms with van der Waals surface area (Å²) < 4.78 is 5.62. The maximum Gasteiger partial charge on any atom is 0.227 e. The fourth-order valence-corrected chi connectivity index (χ4v) is 4.87. The number of ether oxygens (including phenoxy) is 1. The Bertz CT molecular complexity index is 641. The minimum Gasteiger partial charge on any atom is -0.392 e. The minimum absolute atomic E-state index is 0.0390. The number of fused-ring (bicyclic) bond motifs is 1. The average molecular weight is 346 g/mol. The number of methoxy groups -OCH3 is 1. The molecular weight excluding hydrogens is 316 g/mol. The summed E-state index contributed by atoms with van der Waals surface area (Å²) in [5.74, 6) is 1.94. The van der Waals surface area contributed by atoms with Gasteiger partial charge in [-0.2, -0.15) is 4.98 Å². The third-order valence-electron chi connectivity index (χ3n) is 6.57. The molecule has 1 aliphatic heterocycles. The first-order chi connectivity index (χ1) is 12.0. The van der Waals surface area contributed by atoms with Crippen molar-refractivity contribution in [1.82, 2.24) is 9.97 Å². The number of hydrogen-bond donors (Lipinski definition) is 1. The molecule has 1 spiro atoms. The van der Waals surface area contributed by atoms with Gasteiger partial charge < -0.3 is 19.6 Å². The van der Waals surface area contributed by atoms with Crippen LogP contribution in [0.3, 0.4) is 0 Å². The number of aliphatic hydroxyl groups is 1. The molecule has 2 atom stereocenters. The van der Waals surface area contributed by atoms with Crippen LogP contribution in [0.15, 0.2) is 0 Å². The number of aryl methyl sites for hydroxylation is 1. The molecule has 0 aromatic carbocycles. The zero-order valence-corrected chi connectivity index (χ0v) is 15.7. The number of aromatic nitrogens is 2. The Hall–Kier alpha value is -1.40. The van der Waals surface area contributed by atoms with Crippen LogP contribution >= 0.6 is 0 Å². The van der Waals surface area contributed by atoms with Crippen molar-refractivity contribution < 1.29 is 9.84 Å². The summed E-state index contributed by atoms with van der Waals surface area (Å²) in [4.78, 5) is 14.1. The third kappa shape index (κ3) is 2.70. The molecule has 2 aliphatic carbocycles. The van der Waals surface area contributed by atoms with E-state index in [1.165, 1.54) is 24.1 Å². The Labute approximate surface area is 150 Å². The zero-order chi connectivity index (χ0) is 17.6. The van der Waals surface area contributed by atoms with Gasteiger partial charge in [-0.3, -0.25) is 0 Å². The van der Waals surface area contributed by atoms with Gasteiger partial charge >= 0.3 is 0 Å². The first-order valence-corrected chi connectivity index (χ1v) is 9.58. The van der Waals surface area contributed by atoms with Crippen molar-refractivity contribution in [2.75, 3.05) is 44.1 Å². The Kier molecular flexibility index (Phi) is 4.36. The number of aliphatic hydroxyl groups excluding tert-OH is 1. The fourth-order valence-electron chi connectivity index (χ4n) is 4.87. The molecule has 3 aliphatic rings. The molecule has 0 amide bonds. The van der Waals surface area contributed by atoms with Gasteiger partial charge in [-0.15, -0.1) is 0 Å². The first kappa shape index (κ1) is 17.0. The van der Waals surface area contributed by atoms with Gasteiger partial charge in [0.25, 0.3) is 0 Å². The van der Waals surface area contributed by atoms with Crippen LogP contribution in [0, 0.1) is 5.41 Å². The fraction of sp³-hybridized carbons (Fsp3) is 0.789. The van der Waals surface area contributed by atoms with E-state index in [0.29, 0.717) is 0 Å². The molecule has 0 unspecified atom stereocenters. The minimum atomic E-state index is -0.212. The monoisotopic (exact) mass is 346 g/mol. The van der Waals surface area contributed by atoms with Crippen LogP contribution in [-0.4, -0.2) is 61.6 Å². The van der Waals surface area contributed by atoms with E-state index in [2.05, 4.69) is 4.90 Å². The summed E-state index contributed by atoms with van der Waals surface area (Å²) in [5, 5.41) is 10.4. The van der Waals surface area contributed by atoms with Gasteiger partial charge in [-0.1, -0.05) is 0 Å². The highest BCUT2D eigenvalue weighted by molar-refractivity contribution is 5.54. The SMILES string of the molecule is CO[C@@H]1C[C@H](O)C12CCN(c1nc(N(C)C)nc3c1CCCC3)CC2. The van der Waals surface area contributed by atoms with Crippen LogP contribution in [0.25, 0.3) is 0 Å². The van der Waals surface area contributed by atoms with Crippen LogP contribution in [0.2, 0.25) is 0 Å². The summed E-state index contributed by atoms with van der Waals surface area (Å²) >= 11 is 0. The summed E-state index contributed by atoms with van der Waals surface area (Å²) in [6.45, 7) is 1.88. The number of hydrogen-bond acceptors (Lipinski definition) is 6. The Morgan fingerprint density at radius 1 is 1.16 bits per heavy atom. The largest absolute Gasteiger partial charge is 0.392 e. The van der Waals surface area contributed by atoms with Crippen molar-refractivity contribution in [2.24, 2.45) is 5.41 Å². The Morgan fingerprint density at radius 3 is 2.52 bits per heavy atom. The van der Waals surface area contributed by atoms with Crippen LogP contribution in [-0.2, 0) is 17.6 Å².